The van der Waals surface area contributed by atoms with Crippen LogP contribution >= 0.6 is 0 Å². The molecule has 9 heteroatoms. The van der Waals surface area contributed by atoms with Crippen molar-refractivity contribution in [2.45, 2.75) is 45.1 Å². The summed E-state index contributed by atoms with van der Waals surface area (Å²) in [5.41, 5.74) is -0.548. The molecule has 2 aliphatic carbocycles. The first-order chi connectivity index (χ1) is 13.7. The Balaban J connectivity index is 1.40. The molecular formula is C20H23F3N2O4. The number of fused-ring (bicyclic) bond motifs is 2. The molecular weight excluding hydrogens is 389 g/mol. The number of halogens is 3. The molecule has 2 fully saturated rings. The first-order valence-corrected chi connectivity index (χ1v) is 9.65. The number of carbonyl (C=O) groups excluding carboxylic acids is 3. The van der Waals surface area contributed by atoms with Gasteiger partial charge in [0.25, 0.3) is 5.91 Å². The van der Waals surface area contributed by atoms with Gasteiger partial charge in [0.05, 0.1) is 12.2 Å². The van der Waals surface area contributed by atoms with Gasteiger partial charge in [-0.2, -0.15) is 0 Å². The summed E-state index contributed by atoms with van der Waals surface area (Å²) in [7, 11) is 0. The van der Waals surface area contributed by atoms with Crippen LogP contribution in [0.25, 0.3) is 0 Å². The maximum Gasteiger partial charge on any atom is 0.306 e. The summed E-state index contributed by atoms with van der Waals surface area (Å²) in [5, 5.41) is 4.29. The molecule has 2 amide bonds. The third-order valence-electron chi connectivity index (χ3n) is 5.72. The van der Waals surface area contributed by atoms with E-state index >= 15 is 0 Å². The standard InChI is InChI=1S/C20H23F3N2O4/c1-10(29-17(27)8-13-7-11-2-3-12(13)6-11)20(28)24-9-16(26)25-15-5-4-14(21)18(22)19(15)23/h4-5,10-13H,2-3,6-9H2,1H3,(H,24,28)(H,25,26). The Morgan fingerprint density at radius 3 is 2.55 bits per heavy atom. The number of hydrogen-bond acceptors (Lipinski definition) is 4. The van der Waals surface area contributed by atoms with Crippen LogP contribution < -0.4 is 10.6 Å². The highest BCUT2D eigenvalue weighted by Gasteiger charge is 2.40. The smallest absolute Gasteiger partial charge is 0.306 e. The van der Waals surface area contributed by atoms with Crippen molar-refractivity contribution in [3.8, 4) is 0 Å². The summed E-state index contributed by atoms with van der Waals surface area (Å²) in [6.07, 6.45) is 3.77. The van der Waals surface area contributed by atoms with E-state index in [-0.39, 0.29) is 6.42 Å². The molecule has 2 saturated carbocycles. The maximum atomic E-state index is 13.5. The molecule has 0 radical (unpaired) electrons. The Morgan fingerprint density at radius 1 is 1.14 bits per heavy atom. The van der Waals surface area contributed by atoms with Crippen LogP contribution in [0.4, 0.5) is 18.9 Å². The highest BCUT2D eigenvalue weighted by Crippen LogP contribution is 2.49. The van der Waals surface area contributed by atoms with Crippen LogP contribution in [0.5, 0.6) is 0 Å². The fourth-order valence-corrected chi connectivity index (χ4v) is 4.27. The van der Waals surface area contributed by atoms with E-state index in [0.29, 0.717) is 23.8 Å². The molecule has 4 unspecified atom stereocenters. The minimum absolute atomic E-state index is 0.286. The van der Waals surface area contributed by atoms with Crippen LogP contribution in [0.3, 0.4) is 0 Å². The number of anilines is 1. The minimum Gasteiger partial charge on any atom is -0.453 e. The lowest BCUT2D eigenvalue weighted by Crippen LogP contribution is -2.40. The number of carbonyl (C=O) groups is 3. The van der Waals surface area contributed by atoms with E-state index in [4.69, 9.17) is 4.74 Å². The molecule has 2 N–H and O–H groups in total. The Bertz CT molecular complexity index is 817. The van der Waals surface area contributed by atoms with E-state index < -0.39 is 53.6 Å². The van der Waals surface area contributed by atoms with E-state index in [2.05, 4.69) is 5.32 Å². The quantitative estimate of drug-likeness (QED) is 0.533. The third-order valence-corrected chi connectivity index (χ3v) is 5.72. The lowest BCUT2D eigenvalue weighted by atomic mass is 9.86. The van der Waals surface area contributed by atoms with Crippen LogP contribution in [0.15, 0.2) is 12.1 Å². The van der Waals surface area contributed by atoms with Gasteiger partial charge in [-0.3, -0.25) is 14.4 Å². The van der Waals surface area contributed by atoms with Crippen LogP contribution in [-0.2, 0) is 19.1 Å². The van der Waals surface area contributed by atoms with E-state index in [9.17, 15) is 27.6 Å². The van der Waals surface area contributed by atoms with Gasteiger partial charge in [0.2, 0.25) is 5.91 Å². The molecule has 1 aromatic rings. The van der Waals surface area contributed by atoms with Gasteiger partial charge in [-0.25, -0.2) is 13.2 Å². The van der Waals surface area contributed by atoms with Crippen molar-refractivity contribution in [1.82, 2.24) is 5.32 Å². The van der Waals surface area contributed by atoms with Gasteiger partial charge >= 0.3 is 5.97 Å². The predicted octanol–water partition coefficient (Wildman–Crippen LogP) is 2.92. The number of hydrogen-bond donors (Lipinski definition) is 2. The Kier molecular flexibility index (Phi) is 6.44. The highest BCUT2D eigenvalue weighted by atomic mass is 19.2. The molecule has 0 spiro atoms. The first kappa shape index (κ1) is 21.1. The van der Waals surface area contributed by atoms with Gasteiger partial charge in [0.1, 0.15) is 0 Å². The van der Waals surface area contributed by atoms with Gasteiger partial charge in [-0.1, -0.05) is 6.42 Å². The van der Waals surface area contributed by atoms with Crippen molar-refractivity contribution in [2.75, 3.05) is 11.9 Å². The van der Waals surface area contributed by atoms with Crippen LogP contribution in [-0.4, -0.2) is 30.4 Å². The second-order valence-electron chi connectivity index (χ2n) is 7.76. The van der Waals surface area contributed by atoms with Crippen molar-refractivity contribution in [1.29, 1.82) is 0 Å². The van der Waals surface area contributed by atoms with Crippen LogP contribution in [0.2, 0.25) is 0 Å². The monoisotopic (exact) mass is 412 g/mol. The summed E-state index contributed by atoms with van der Waals surface area (Å²) in [6.45, 7) is 0.840. The van der Waals surface area contributed by atoms with Crippen LogP contribution in [0, 0.1) is 35.2 Å². The van der Waals surface area contributed by atoms with Gasteiger partial charge in [0.15, 0.2) is 23.6 Å². The number of rotatable bonds is 7. The van der Waals surface area contributed by atoms with Gasteiger partial charge in [0, 0.05) is 6.42 Å². The third kappa shape index (κ3) is 5.07. The topological polar surface area (TPSA) is 84.5 Å². The molecule has 158 valence electrons. The van der Waals surface area contributed by atoms with Crippen molar-refractivity contribution in [3.05, 3.63) is 29.6 Å². The molecule has 2 bridgehead atoms. The molecule has 2 aliphatic rings. The molecule has 4 atom stereocenters. The summed E-state index contributed by atoms with van der Waals surface area (Å²) in [4.78, 5) is 35.9. The zero-order valence-corrected chi connectivity index (χ0v) is 16.0. The molecule has 29 heavy (non-hydrogen) atoms. The van der Waals surface area contributed by atoms with Crippen LogP contribution in [0.1, 0.15) is 39.0 Å². The van der Waals surface area contributed by atoms with E-state index in [1.807, 2.05) is 5.32 Å². The molecule has 6 nitrogen and oxygen atoms in total. The normalized spacial score (nSPS) is 23.5. The second kappa shape index (κ2) is 8.84. The summed E-state index contributed by atoms with van der Waals surface area (Å²) < 4.78 is 44.7. The van der Waals surface area contributed by atoms with E-state index in [1.165, 1.54) is 19.8 Å². The molecule has 3 rings (SSSR count). The first-order valence-electron chi connectivity index (χ1n) is 9.65. The Labute approximate surface area is 166 Å². The van der Waals surface area contributed by atoms with Gasteiger partial charge < -0.3 is 15.4 Å². The lowest BCUT2D eigenvalue weighted by Gasteiger charge is -2.21. The molecule has 0 heterocycles. The Hall–Kier alpha value is -2.58. The van der Waals surface area contributed by atoms with E-state index in [1.54, 1.807) is 0 Å². The predicted molar refractivity (Wildman–Crippen MR) is 97.1 cm³/mol. The fraction of sp³-hybridized carbons (Fsp3) is 0.550. The minimum atomic E-state index is -1.71. The largest absolute Gasteiger partial charge is 0.453 e. The molecule has 0 aliphatic heterocycles. The van der Waals surface area contributed by atoms with Crippen molar-refractivity contribution in [2.24, 2.45) is 17.8 Å². The summed E-state index contributed by atoms with van der Waals surface area (Å²) in [6, 6.07) is 1.54. The molecule has 0 saturated heterocycles. The maximum absolute atomic E-state index is 13.5. The molecule has 0 aromatic heterocycles. The average Bonchev–Trinajstić information content (AvgIpc) is 3.29. The second-order valence-corrected chi connectivity index (χ2v) is 7.76. The van der Waals surface area contributed by atoms with E-state index in [0.717, 1.165) is 18.9 Å². The zero-order valence-electron chi connectivity index (χ0n) is 16.0. The summed E-state index contributed by atoms with van der Waals surface area (Å²) >= 11 is 0. The number of amides is 2. The number of esters is 1. The number of benzene rings is 1. The zero-order chi connectivity index (χ0) is 21.1. The number of ether oxygens (including phenoxy) is 1. The lowest BCUT2D eigenvalue weighted by molar-refractivity contribution is -0.156. The average molecular weight is 412 g/mol. The Morgan fingerprint density at radius 2 is 1.90 bits per heavy atom. The van der Waals surface area contributed by atoms with Crippen molar-refractivity contribution < 1.29 is 32.3 Å². The van der Waals surface area contributed by atoms with Gasteiger partial charge in [-0.15, -0.1) is 0 Å². The van der Waals surface area contributed by atoms with Crippen molar-refractivity contribution >= 4 is 23.5 Å². The highest BCUT2D eigenvalue weighted by molar-refractivity contribution is 5.95. The SMILES string of the molecule is CC(OC(=O)CC1CC2CCC1C2)C(=O)NCC(=O)Nc1ccc(F)c(F)c1F. The fourth-order valence-electron chi connectivity index (χ4n) is 4.27. The van der Waals surface area contributed by atoms with Gasteiger partial charge in [-0.05, 0) is 56.1 Å². The number of nitrogens with one attached hydrogen (secondary N) is 2. The summed E-state index contributed by atoms with van der Waals surface area (Å²) in [5.74, 6) is -5.01. The van der Waals surface area contributed by atoms with Crippen molar-refractivity contribution in [3.63, 3.8) is 0 Å². The molecule has 1 aromatic carbocycles.